The molecule has 1 fully saturated rings. The molecule has 1 saturated heterocycles. The minimum atomic E-state index is -0.540. The van der Waals surface area contributed by atoms with E-state index in [9.17, 15) is 0 Å². The molecule has 0 bridgehead atoms. The van der Waals surface area contributed by atoms with Crippen LogP contribution >= 0.6 is 0 Å². The standard InChI is InChI=1S/C28H43BO2/c1-22(2)16-19-25(5,6)27(9)28(10,26(7,8)20-17-23(3)4)31-29(30-27)21-18-24-14-12-11-13-15-24/h11-23H,1-10H3/b19-16+,20-17+,21-18+. The van der Waals surface area contributed by atoms with Gasteiger partial charge in [-0.05, 0) is 31.2 Å². The van der Waals surface area contributed by atoms with Gasteiger partial charge in [0.2, 0.25) is 0 Å². The van der Waals surface area contributed by atoms with Crippen molar-refractivity contribution in [3.8, 4) is 0 Å². The van der Waals surface area contributed by atoms with Gasteiger partial charge in [0.25, 0.3) is 0 Å². The molecular weight excluding hydrogens is 379 g/mol. The Morgan fingerprint density at radius 1 is 0.774 bits per heavy atom. The minimum absolute atomic E-state index is 0.232. The fourth-order valence-corrected chi connectivity index (χ4v) is 4.26. The molecule has 0 saturated carbocycles. The van der Waals surface area contributed by atoms with E-state index in [4.69, 9.17) is 9.31 Å². The molecule has 31 heavy (non-hydrogen) atoms. The fraction of sp³-hybridized carbons (Fsp3) is 0.571. The van der Waals surface area contributed by atoms with Crippen LogP contribution in [0.15, 0.2) is 60.6 Å². The highest BCUT2D eigenvalue weighted by Gasteiger charge is 2.66. The lowest BCUT2D eigenvalue weighted by atomic mass is 9.58. The average Bonchev–Trinajstić information content (AvgIpc) is 2.98. The van der Waals surface area contributed by atoms with E-state index in [1.807, 2.05) is 24.2 Å². The van der Waals surface area contributed by atoms with E-state index in [0.29, 0.717) is 11.8 Å². The molecule has 2 nitrogen and oxygen atoms in total. The summed E-state index contributed by atoms with van der Waals surface area (Å²) in [5.41, 5.74) is -0.402. The summed E-state index contributed by atoms with van der Waals surface area (Å²) >= 11 is 0. The van der Waals surface area contributed by atoms with Gasteiger partial charge in [-0.1, -0.05) is 122 Å². The summed E-state index contributed by atoms with van der Waals surface area (Å²) < 4.78 is 13.6. The number of hydrogen-bond donors (Lipinski definition) is 0. The van der Waals surface area contributed by atoms with Crippen molar-refractivity contribution in [3.63, 3.8) is 0 Å². The molecule has 1 aliphatic heterocycles. The maximum absolute atomic E-state index is 6.78. The lowest BCUT2D eigenvalue weighted by Gasteiger charge is -2.54. The molecular formula is C28H43BO2. The first-order valence-corrected chi connectivity index (χ1v) is 11.7. The monoisotopic (exact) mass is 422 g/mol. The predicted molar refractivity (Wildman–Crippen MR) is 136 cm³/mol. The van der Waals surface area contributed by atoms with Gasteiger partial charge in [0.05, 0.1) is 11.2 Å². The van der Waals surface area contributed by atoms with Gasteiger partial charge < -0.3 is 9.31 Å². The molecule has 2 unspecified atom stereocenters. The third-order valence-corrected chi connectivity index (χ3v) is 7.11. The van der Waals surface area contributed by atoms with Crippen LogP contribution in [0.25, 0.3) is 6.08 Å². The van der Waals surface area contributed by atoms with Gasteiger partial charge >= 0.3 is 7.12 Å². The van der Waals surface area contributed by atoms with Crippen LogP contribution in [0.2, 0.25) is 0 Å². The largest absolute Gasteiger partial charge is 0.487 e. The molecule has 0 radical (unpaired) electrons. The van der Waals surface area contributed by atoms with Crippen LogP contribution in [-0.4, -0.2) is 18.3 Å². The van der Waals surface area contributed by atoms with Crippen LogP contribution in [0.3, 0.4) is 0 Å². The molecule has 0 aromatic heterocycles. The van der Waals surface area contributed by atoms with Crippen molar-refractivity contribution in [1.82, 2.24) is 0 Å². The maximum atomic E-state index is 6.78. The van der Waals surface area contributed by atoms with Crippen molar-refractivity contribution in [2.24, 2.45) is 22.7 Å². The first-order valence-electron chi connectivity index (χ1n) is 11.7. The Balaban J connectivity index is 2.50. The number of rotatable bonds is 8. The molecule has 0 N–H and O–H groups in total. The molecule has 3 heteroatoms. The van der Waals surface area contributed by atoms with E-state index < -0.39 is 18.3 Å². The van der Waals surface area contributed by atoms with Crippen molar-refractivity contribution < 1.29 is 9.31 Å². The molecule has 2 atom stereocenters. The number of hydrogen-bond acceptors (Lipinski definition) is 2. The molecule has 0 spiro atoms. The fourth-order valence-electron chi connectivity index (χ4n) is 4.26. The second-order valence-corrected chi connectivity index (χ2v) is 11.1. The summed E-state index contributed by atoms with van der Waals surface area (Å²) in [5, 5.41) is 0. The van der Waals surface area contributed by atoms with Crippen LogP contribution in [0.4, 0.5) is 0 Å². The topological polar surface area (TPSA) is 18.5 Å². The molecule has 0 aliphatic carbocycles. The minimum Gasteiger partial charge on any atom is -0.398 e. The Morgan fingerprint density at radius 2 is 1.19 bits per heavy atom. The van der Waals surface area contributed by atoms with Crippen LogP contribution in [0.1, 0.15) is 74.8 Å². The van der Waals surface area contributed by atoms with Crippen molar-refractivity contribution in [3.05, 3.63) is 66.2 Å². The Kier molecular flexibility index (Phi) is 7.88. The maximum Gasteiger partial charge on any atom is 0.487 e. The van der Waals surface area contributed by atoms with Gasteiger partial charge in [0, 0.05) is 10.8 Å². The van der Waals surface area contributed by atoms with E-state index >= 15 is 0 Å². The SMILES string of the molecule is CC(C)/C=C/C(C)(C)C1(C)OB(/C=C/c2ccccc2)OC1(C)C(C)(C)/C=C/C(C)C. The highest BCUT2D eigenvalue weighted by molar-refractivity contribution is 6.52. The second-order valence-electron chi connectivity index (χ2n) is 11.1. The van der Waals surface area contributed by atoms with Gasteiger partial charge in [-0.3, -0.25) is 0 Å². The van der Waals surface area contributed by atoms with Gasteiger partial charge in [-0.25, -0.2) is 0 Å². The number of benzene rings is 1. The van der Waals surface area contributed by atoms with E-state index in [2.05, 4.69) is 112 Å². The average molecular weight is 422 g/mol. The van der Waals surface area contributed by atoms with Crippen LogP contribution < -0.4 is 0 Å². The zero-order chi connectivity index (χ0) is 23.5. The smallest absolute Gasteiger partial charge is 0.398 e. The predicted octanol–water partition coefficient (Wildman–Crippen LogP) is 7.77. The van der Waals surface area contributed by atoms with Crippen molar-refractivity contribution >= 4 is 13.2 Å². The van der Waals surface area contributed by atoms with E-state index in [0.717, 1.165) is 5.56 Å². The summed E-state index contributed by atoms with van der Waals surface area (Å²) in [6.07, 6.45) is 11.3. The summed E-state index contributed by atoms with van der Waals surface area (Å²) in [6, 6.07) is 10.3. The van der Waals surface area contributed by atoms with Crippen molar-refractivity contribution in [1.29, 1.82) is 0 Å². The summed E-state index contributed by atoms with van der Waals surface area (Å²) in [4.78, 5) is 0. The molecule has 170 valence electrons. The van der Waals surface area contributed by atoms with Crippen LogP contribution in [0, 0.1) is 22.7 Å². The molecule has 1 heterocycles. The first-order chi connectivity index (χ1) is 14.2. The molecule has 0 amide bonds. The molecule has 1 aromatic carbocycles. The van der Waals surface area contributed by atoms with E-state index in [1.165, 1.54) is 0 Å². The zero-order valence-corrected chi connectivity index (χ0v) is 21.4. The number of allylic oxidation sites excluding steroid dienone is 2. The first kappa shape index (κ1) is 25.7. The third kappa shape index (κ3) is 5.44. The highest BCUT2D eigenvalue weighted by Crippen LogP contribution is 2.57. The Hall–Kier alpha value is -1.58. The lowest BCUT2D eigenvalue weighted by molar-refractivity contribution is -0.129. The summed E-state index contributed by atoms with van der Waals surface area (Å²) in [6.45, 7) is 22.3. The van der Waals surface area contributed by atoms with E-state index in [-0.39, 0.29) is 10.8 Å². The summed E-state index contributed by atoms with van der Waals surface area (Å²) in [5.74, 6) is 3.02. The lowest BCUT2D eigenvalue weighted by Crippen LogP contribution is -2.62. The van der Waals surface area contributed by atoms with Crippen LogP contribution in [-0.2, 0) is 9.31 Å². The van der Waals surface area contributed by atoms with Gasteiger partial charge in [-0.2, -0.15) is 0 Å². The van der Waals surface area contributed by atoms with Gasteiger partial charge in [0.1, 0.15) is 0 Å². The summed E-state index contributed by atoms with van der Waals surface area (Å²) in [7, 11) is -0.409. The third-order valence-electron chi connectivity index (χ3n) is 7.11. The van der Waals surface area contributed by atoms with Crippen LogP contribution in [0.5, 0.6) is 0 Å². The molecule has 1 aliphatic rings. The highest BCUT2D eigenvalue weighted by atomic mass is 16.7. The second kappa shape index (κ2) is 9.51. The quantitative estimate of drug-likeness (QED) is 0.315. The molecule has 2 rings (SSSR count). The zero-order valence-electron chi connectivity index (χ0n) is 21.4. The van der Waals surface area contributed by atoms with E-state index in [1.54, 1.807) is 0 Å². The Morgan fingerprint density at radius 3 is 1.58 bits per heavy atom. The van der Waals surface area contributed by atoms with Gasteiger partial charge in [-0.15, -0.1) is 0 Å². The normalized spacial score (nSPS) is 25.9. The van der Waals surface area contributed by atoms with Crippen molar-refractivity contribution in [2.75, 3.05) is 0 Å². The Labute approximate surface area is 192 Å². The molecule has 1 aromatic rings. The van der Waals surface area contributed by atoms with Crippen molar-refractivity contribution in [2.45, 2.75) is 80.4 Å². The van der Waals surface area contributed by atoms with Gasteiger partial charge in [0.15, 0.2) is 0 Å². The Bertz CT molecular complexity index is 760.